The molecule has 1 radical (unpaired) electrons. The van der Waals surface area contributed by atoms with Crippen molar-refractivity contribution >= 4 is 0 Å². The predicted octanol–water partition coefficient (Wildman–Crippen LogP) is -11.2. The van der Waals surface area contributed by atoms with Gasteiger partial charge in [0.1, 0.15) is 0 Å². The van der Waals surface area contributed by atoms with Crippen LogP contribution in [0.15, 0.2) is 0 Å². The maximum absolute atomic E-state index is 7.25. The van der Waals surface area contributed by atoms with E-state index in [0.29, 0.717) is 0 Å². The second-order valence-corrected chi connectivity index (χ2v) is 0. The summed E-state index contributed by atoms with van der Waals surface area (Å²) in [5, 5.41) is 31.2. The van der Waals surface area contributed by atoms with Gasteiger partial charge in [0.25, 0.3) is 0 Å². The Balaban J connectivity index is -0.00000000267. The van der Waals surface area contributed by atoms with E-state index in [-0.39, 0.29) is 135 Å². The van der Waals surface area contributed by atoms with Crippen molar-refractivity contribution in [2.24, 2.45) is 0 Å². The molecular formula is C5FeN6Na4O+. The Labute approximate surface area is 201 Å². The second-order valence-electron chi connectivity index (χ2n) is 0. The second kappa shape index (κ2) is 1960. The Hall–Kier alpha value is 1.57. The van der Waals surface area contributed by atoms with Crippen LogP contribution in [0.3, 0.4) is 0 Å². The van der Waals surface area contributed by atoms with Crippen molar-refractivity contribution < 1.29 is 135 Å². The SMILES string of the molecule is [C-]#N.[C-]#N.[C-]#N.[C-]#N.[C-]#N.[Fe+3].[N-]=O.[Na+].[Na+].[Na+].[Na+]. The Morgan fingerprint density at radius 3 is 0.471 bits per heavy atom. The minimum atomic E-state index is 0. The molecular weight excluding hydrogens is 308 g/mol. The molecule has 0 atom stereocenters. The van der Waals surface area contributed by atoms with Crippen LogP contribution in [0, 0.1) is 64.1 Å². The third kappa shape index (κ3) is 1730. The van der Waals surface area contributed by atoms with Gasteiger partial charge in [0, 0.05) is 0 Å². The van der Waals surface area contributed by atoms with Crippen molar-refractivity contribution in [3.8, 4) is 0 Å². The van der Waals surface area contributed by atoms with Crippen molar-refractivity contribution in [3.63, 3.8) is 0 Å². The van der Waals surface area contributed by atoms with E-state index in [1.807, 2.05) is 0 Å². The minimum absolute atomic E-state index is 0. The van der Waals surface area contributed by atoms with E-state index < -0.39 is 0 Å². The summed E-state index contributed by atoms with van der Waals surface area (Å²) in [6.45, 7) is 23.8. The summed E-state index contributed by atoms with van der Waals surface area (Å²) in [7, 11) is 0. The molecule has 0 heterocycles. The van der Waals surface area contributed by atoms with Gasteiger partial charge in [-0.25, -0.2) is 0 Å². The molecule has 0 fully saturated rings. The van der Waals surface area contributed by atoms with Crippen LogP contribution in [0.25, 0.3) is 5.59 Å². The summed E-state index contributed by atoms with van der Waals surface area (Å²) in [6, 6.07) is 0. The first kappa shape index (κ1) is 100. The average molecular weight is 308 g/mol. The quantitative estimate of drug-likeness (QED) is 0.319. The molecule has 0 aliphatic heterocycles. The van der Waals surface area contributed by atoms with Crippen LogP contribution in [0.5, 0.6) is 0 Å². The van der Waals surface area contributed by atoms with Crippen molar-refractivity contribution in [1.82, 2.24) is 0 Å². The maximum Gasteiger partial charge on any atom is 3.00 e. The number of nitrogens with zero attached hydrogens (tertiary/aromatic N) is 6. The molecule has 0 amide bonds. The van der Waals surface area contributed by atoms with E-state index >= 15 is 0 Å². The largest absolute Gasteiger partial charge is 3.00 e. The maximum atomic E-state index is 7.25. The van der Waals surface area contributed by atoms with E-state index in [2.05, 4.69) is 0 Å². The molecule has 0 aliphatic rings. The predicted molar refractivity (Wildman–Crippen MR) is 31.6 cm³/mol. The standard InChI is InChI=1S/5CN.Fe.NO.4Na/c5*1-2;;1-2;;;;/q5*-1;+3;-1;4*+1. The molecule has 0 saturated heterocycles. The first-order valence-electron chi connectivity index (χ1n) is 1.30. The molecule has 0 aliphatic carbocycles. The van der Waals surface area contributed by atoms with Crippen LogP contribution < -0.4 is 118 Å². The fraction of sp³-hybridized carbons (Fsp3) is 0. The molecule has 12 heteroatoms. The first-order chi connectivity index (χ1) is 6.00. The Morgan fingerprint density at radius 1 is 0.471 bits per heavy atom. The van der Waals surface area contributed by atoms with Gasteiger partial charge in [-0.1, -0.05) is 0 Å². The Morgan fingerprint density at radius 2 is 0.471 bits per heavy atom. The Kier molecular flexibility index (Phi) is 11500. The zero-order valence-electron chi connectivity index (χ0n) is 9.95. The molecule has 17 heavy (non-hydrogen) atoms. The van der Waals surface area contributed by atoms with Crippen molar-refractivity contribution in [2.45, 2.75) is 0 Å². The van der Waals surface area contributed by atoms with Crippen LogP contribution in [-0.4, -0.2) is 0 Å². The number of hydrogen-bond acceptors (Lipinski definition) is 6. The molecule has 0 N–H and O–H groups in total. The van der Waals surface area contributed by atoms with Crippen LogP contribution in [0.4, 0.5) is 0 Å². The summed E-state index contributed by atoms with van der Waals surface area (Å²) in [4.78, 5) is 7.25. The zero-order chi connectivity index (χ0) is 12.0. The van der Waals surface area contributed by atoms with Crippen molar-refractivity contribution in [2.75, 3.05) is 0 Å². The molecule has 0 saturated carbocycles. The van der Waals surface area contributed by atoms with Crippen LogP contribution in [0.1, 0.15) is 0 Å². The van der Waals surface area contributed by atoms with Gasteiger partial charge in [0.15, 0.2) is 0 Å². The van der Waals surface area contributed by atoms with E-state index in [4.69, 9.17) is 69.7 Å². The van der Waals surface area contributed by atoms with E-state index in [0.717, 1.165) is 0 Å². The van der Waals surface area contributed by atoms with Crippen molar-refractivity contribution in [1.29, 1.82) is 26.3 Å². The van der Waals surface area contributed by atoms with E-state index in [1.165, 1.54) is 0 Å². The normalized spacial score (nSPS) is 0.824. The fourth-order valence-corrected chi connectivity index (χ4v) is 0. The monoisotopic (exact) mass is 308 g/mol. The van der Waals surface area contributed by atoms with Gasteiger partial charge in [-0.15, -0.1) is 0 Å². The molecule has 0 aromatic rings. The summed E-state index contributed by atoms with van der Waals surface area (Å²) in [5.41, 5.74) is 5.75. The smallest absolute Gasteiger partial charge is 0.577 e. The number of hydrogen-bond donors (Lipinski definition) is 0. The van der Waals surface area contributed by atoms with Crippen LogP contribution in [0.2, 0.25) is 0 Å². The molecule has 0 aromatic heterocycles. The molecule has 7 nitrogen and oxygen atoms in total. The zero-order valence-corrected chi connectivity index (χ0v) is 19.0. The summed E-state index contributed by atoms with van der Waals surface area (Å²) in [6.07, 6.45) is 0. The third-order valence-electron chi connectivity index (χ3n) is 0. The number of rotatable bonds is 0. The summed E-state index contributed by atoms with van der Waals surface area (Å²) >= 11 is 0. The van der Waals surface area contributed by atoms with E-state index in [1.54, 1.807) is 0 Å². The van der Waals surface area contributed by atoms with Gasteiger partial charge in [-0.2, -0.15) is 0 Å². The molecule has 0 bridgehead atoms. The third-order valence-corrected chi connectivity index (χ3v) is 0. The van der Waals surface area contributed by atoms with Crippen LogP contribution >= 0.6 is 0 Å². The fourth-order valence-electron chi connectivity index (χ4n) is 0. The Bertz CT molecular complexity index is 104. The van der Waals surface area contributed by atoms with Gasteiger partial charge < -0.3 is 69.7 Å². The van der Waals surface area contributed by atoms with Gasteiger partial charge in [-0.05, 0) is 0 Å². The van der Waals surface area contributed by atoms with E-state index in [9.17, 15) is 0 Å². The van der Waals surface area contributed by atoms with Gasteiger partial charge in [0.2, 0.25) is 0 Å². The summed E-state index contributed by atoms with van der Waals surface area (Å²) in [5.74, 6) is 0. The topological polar surface area (TPSA) is 158 Å². The average Bonchev–Trinajstić information content (AvgIpc) is 2.33. The van der Waals surface area contributed by atoms with Crippen molar-refractivity contribution in [3.05, 3.63) is 43.4 Å². The summed E-state index contributed by atoms with van der Waals surface area (Å²) < 4.78 is 0. The van der Waals surface area contributed by atoms with Gasteiger partial charge >= 0.3 is 135 Å². The van der Waals surface area contributed by atoms with Crippen LogP contribution in [-0.2, 0) is 17.1 Å². The molecule has 67 valence electrons. The molecule has 0 aromatic carbocycles. The molecule has 0 unspecified atom stereocenters. The molecule has 0 rings (SSSR count). The first-order valence-corrected chi connectivity index (χ1v) is 1.30. The van der Waals surface area contributed by atoms with Gasteiger partial charge in [0.05, 0.1) is 0 Å². The van der Waals surface area contributed by atoms with Gasteiger partial charge in [-0.3, -0.25) is 0 Å². The number of nitroso groups, excluding NO2 is 1. The minimum Gasteiger partial charge on any atom is -0.577 e. The molecule has 0 spiro atoms.